The van der Waals surface area contributed by atoms with Crippen LogP contribution in [-0.4, -0.2) is 20.9 Å². The molecule has 1 aromatic carbocycles. The van der Waals surface area contributed by atoms with Crippen LogP contribution in [0.5, 0.6) is 0 Å². The molecule has 0 saturated heterocycles. The molecule has 0 aliphatic heterocycles. The molecule has 0 spiro atoms. The molecule has 0 bridgehead atoms. The number of carbonyl (C=O) groups is 1. The maximum atomic E-state index is 12.1. The Morgan fingerprint density at radius 3 is 2.24 bits per heavy atom. The predicted molar refractivity (Wildman–Crippen MR) is 99.6 cm³/mol. The summed E-state index contributed by atoms with van der Waals surface area (Å²) >= 11 is 0. The molecule has 1 atom stereocenters. The summed E-state index contributed by atoms with van der Waals surface area (Å²) in [7, 11) is -3.74. The van der Waals surface area contributed by atoms with E-state index in [0.29, 0.717) is 12.8 Å². The Labute approximate surface area is 152 Å². The average molecular weight is 370 g/mol. The molecule has 0 radical (unpaired) electrons. The molecule has 0 aliphatic rings. The number of nitrogens with two attached hydrogens (primary N) is 1. The predicted octanol–water partition coefficient (Wildman–Crippen LogP) is 3.94. The maximum absolute atomic E-state index is 12.1. The second-order valence-electron chi connectivity index (χ2n) is 6.53. The van der Waals surface area contributed by atoms with Gasteiger partial charge in [-0.25, -0.2) is 0 Å². The highest BCUT2D eigenvalue weighted by Gasteiger charge is 2.17. The first-order chi connectivity index (χ1) is 11.9. The minimum absolute atomic E-state index is 0.0653. The Hall–Kier alpha value is -1.40. The molecule has 0 saturated carbocycles. The minimum Gasteiger partial charge on any atom is -0.369 e. The van der Waals surface area contributed by atoms with Crippen LogP contribution in [0.25, 0.3) is 0 Å². The van der Waals surface area contributed by atoms with E-state index in [-0.39, 0.29) is 23.3 Å². The molecule has 5 nitrogen and oxygen atoms in total. The summed E-state index contributed by atoms with van der Waals surface area (Å²) in [5.74, 6) is -0.510. The van der Waals surface area contributed by atoms with Gasteiger partial charge in [-0.1, -0.05) is 56.7 Å². The highest BCUT2D eigenvalue weighted by Crippen LogP contribution is 2.18. The molecule has 1 rings (SSSR count). The highest BCUT2D eigenvalue weighted by atomic mass is 32.2. The number of primary amides is 1. The fourth-order valence-corrected chi connectivity index (χ4v) is 3.64. The van der Waals surface area contributed by atoms with E-state index in [1.165, 1.54) is 31.4 Å². The summed E-state index contributed by atoms with van der Waals surface area (Å²) in [6, 6.07) is 6.54. The smallest absolute Gasteiger partial charge is 0.296 e. The summed E-state index contributed by atoms with van der Waals surface area (Å²) in [4.78, 5) is 11.7. The van der Waals surface area contributed by atoms with Crippen LogP contribution >= 0.6 is 0 Å². The van der Waals surface area contributed by atoms with E-state index in [9.17, 15) is 13.2 Å². The molecule has 25 heavy (non-hydrogen) atoms. The zero-order valence-electron chi connectivity index (χ0n) is 15.4. The molecule has 1 unspecified atom stereocenters. The quantitative estimate of drug-likeness (QED) is 0.421. The van der Waals surface area contributed by atoms with Crippen LogP contribution in [0, 0.1) is 12.8 Å². The number of carbonyl (C=O) groups excluding carboxylic acids is 1. The van der Waals surface area contributed by atoms with Crippen LogP contribution in [0.2, 0.25) is 0 Å². The molecule has 6 heteroatoms. The lowest BCUT2D eigenvalue weighted by molar-refractivity contribution is -0.122. The van der Waals surface area contributed by atoms with Gasteiger partial charge in [0.05, 0.1) is 11.5 Å². The Kier molecular flexibility index (Phi) is 9.75. The second-order valence-corrected chi connectivity index (χ2v) is 8.15. The summed E-state index contributed by atoms with van der Waals surface area (Å²) in [6.07, 6.45) is 7.49. The van der Waals surface area contributed by atoms with Gasteiger partial charge in [0.2, 0.25) is 5.91 Å². The highest BCUT2D eigenvalue weighted by molar-refractivity contribution is 7.86. The van der Waals surface area contributed by atoms with Crippen molar-refractivity contribution in [2.75, 3.05) is 6.61 Å². The van der Waals surface area contributed by atoms with Crippen molar-refractivity contribution >= 4 is 16.0 Å². The van der Waals surface area contributed by atoms with Gasteiger partial charge >= 0.3 is 0 Å². The lowest BCUT2D eigenvalue weighted by Crippen LogP contribution is -2.23. The molecule has 0 aromatic heterocycles. The third-order valence-electron chi connectivity index (χ3n) is 4.30. The van der Waals surface area contributed by atoms with Crippen LogP contribution in [0.1, 0.15) is 63.9 Å². The number of aryl methyl sites for hydroxylation is 1. The SMILES string of the molecule is CCCCCCCC(CCCOS(=O)(=O)c1ccc(C)cc1)C(N)=O. The Morgan fingerprint density at radius 1 is 1.04 bits per heavy atom. The van der Waals surface area contributed by atoms with E-state index < -0.39 is 10.1 Å². The second kappa shape index (κ2) is 11.3. The topological polar surface area (TPSA) is 86.5 Å². The first kappa shape index (κ1) is 21.6. The van der Waals surface area contributed by atoms with Crippen molar-refractivity contribution < 1.29 is 17.4 Å². The summed E-state index contributed by atoms with van der Waals surface area (Å²) in [6.45, 7) is 4.12. The minimum atomic E-state index is -3.74. The Bertz CT molecular complexity index is 611. The van der Waals surface area contributed by atoms with Crippen molar-refractivity contribution in [1.29, 1.82) is 0 Å². The van der Waals surface area contributed by atoms with Crippen LogP contribution in [0.15, 0.2) is 29.2 Å². The normalized spacial score (nSPS) is 12.9. The van der Waals surface area contributed by atoms with E-state index in [1.54, 1.807) is 12.1 Å². The van der Waals surface area contributed by atoms with Crippen molar-refractivity contribution in [3.8, 4) is 0 Å². The van der Waals surface area contributed by atoms with Crippen LogP contribution in [0.4, 0.5) is 0 Å². The largest absolute Gasteiger partial charge is 0.369 e. The number of rotatable bonds is 13. The number of hydrogen-bond acceptors (Lipinski definition) is 4. The third kappa shape index (κ3) is 8.50. The lowest BCUT2D eigenvalue weighted by Gasteiger charge is -2.13. The van der Waals surface area contributed by atoms with E-state index in [2.05, 4.69) is 6.92 Å². The van der Waals surface area contributed by atoms with E-state index in [0.717, 1.165) is 24.8 Å². The average Bonchev–Trinajstić information content (AvgIpc) is 2.56. The van der Waals surface area contributed by atoms with Crippen molar-refractivity contribution in [2.24, 2.45) is 11.7 Å². The Morgan fingerprint density at radius 2 is 1.64 bits per heavy atom. The zero-order chi connectivity index (χ0) is 18.7. The van der Waals surface area contributed by atoms with Crippen molar-refractivity contribution in [3.05, 3.63) is 29.8 Å². The van der Waals surface area contributed by atoms with Crippen molar-refractivity contribution in [3.63, 3.8) is 0 Å². The number of hydrogen-bond donors (Lipinski definition) is 1. The van der Waals surface area contributed by atoms with Gasteiger partial charge < -0.3 is 5.73 Å². The molecule has 0 aliphatic carbocycles. The van der Waals surface area contributed by atoms with Gasteiger partial charge in [-0.05, 0) is 38.3 Å². The van der Waals surface area contributed by atoms with Crippen LogP contribution in [0.3, 0.4) is 0 Å². The third-order valence-corrected chi connectivity index (χ3v) is 5.63. The summed E-state index contributed by atoms with van der Waals surface area (Å²) in [5, 5.41) is 0. The van der Waals surface area contributed by atoms with Gasteiger partial charge in [0.15, 0.2) is 0 Å². The standard InChI is InChI=1S/C19H31NO4S/c1-3-4-5-6-7-9-17(19(20)21)10-8-15-24-25(22,23)18-13-11-16(2)12-14-18/h11-14,17H,3-10,15H2,1-2H3,(H2,20,21). The van der Waals surface area contributed by atoms with Crippen LogP contribution in [-0.2, 0) is 19.1 Å². The van der Waals surface area contributed by atoms with E-state index in [1.807, 2.05) is 6.92 Å². The number of benzene rings is 1. The van der Waals surface area contributed by atoms with Gasteiger partial charge in [-0.15, -0.1) is 0 Å². The molecule has 1 amide bonds. The van der Waals surface area contributed by atoms with E-state index >= 15 is 0 Å². The monoisotopic (exact) mass is 369 g/mol. The Balaban J connectivity index is 2.35. The lowest BCUT2D eigenvalue weighted by atomic mass is 9.95. The molecule has 0 fully saturated rings. The van der Waals surface area contributed by atoms with Gasteiger partial charge in [-0.2, -0.15) is 8.42 Å². The zero-order valence-corrected chi connectivity index (χ0v) is 16.2. The first-order valence-corrected chi connectivity index (χ1v) is 10.5. The molecule has 142 valence electrons. The summed E-state index contributed by atoms with van der Waals surface area (Å²) < 4.78 is 29.2. The van der Waals surface area contributed by atoms with Gasteiger partial charge in [0.1, 0.15) is 0 Å². The first-order valence-electron chi connectivity index (χ1n) is 9.12. The fourth-order valence-electron chi connectivity index (χ4n) is 2.69. The van der Waals surface area contributed by atoms with Gasteiger partial charge in [0, 0.05) is 5.92 Å². The summed E-state index contributed by atoms with van der Waals surface area (Å²) in [5.41, 5.74) is 6.44. The van der Waals surface area contributed by atoms with E-state index in [4.69, 9.17) is 9.92 Å². The molecule has 0 heterocycles. The fraction of sp³-hybridized carbons (Fsp3) is 0.632. The van der Waals surface area contributed by atoms with Crippen molar-refractivity contribution in [1.82, 2.24) is 0 Å². The van der Waals surface area contributed by atoms with Crippen molar-refractivity contribution in [2.45, 2.75) is 70.1 Å². The molecule has 1 aromatic rings. The molecular formula is C19H31NO4S. The van der Waals surface area contributed by atoms with Gasteiger partial charge in [0.25, 0.3) is 10.1 Å². The number of unbranched alkanes of at least 4 members (excludes halogenated alkanes) is 4. The van der Waals surface area contributed by atoms with Crippen LogP contribution < -0.4 is 5.73 Å². The molecule has 2 N–H and O–H groups in total. The molecular weight excluding hydrogens is 338 g/mol. The van der Waals surface area contributed by atoms with Gasteiger partial charge in [-0.3, -0.25) is 8.98 Å². The number of amides is 1. The maximum Gasteiger partial charge on any atom is 0.296 e.